The van der Waals surface area contributed by atoms with Crippen molar-refractivity contribution in [1.82, 2.24) is 15.5 Å². The summed E-state index contributed by atoms with van der Waals surface area (Å²) in [6.07, 6.45) is 0. The molecule has 24 heavy (non-hydrogen) atoms. The van der Waals surface area contributed by atoms with Crippen LogP contribution in [0.2, 0.25) is 0 Å². The van der Waals surface area contributed by atoms with Gasteiger partial charge in [0.15, 0.2) is 0 Å². The number of rotatable bonds is 6. The zero-order chi connectivity index (χ0) is 17.7. The van der Waals surface area contributed by atoms with E-state index in [0.717, 1.165) is 11.8 Å². The summed E-state index contributed by atoms with van der Waals surface area (Å²) in [4.78, 5) is 12.0. The number of nitrogens with zero attached hydrogens (tertiary/aromatic N) is 3. The lowest BCUT2D eigenvalue weighted by Crippen LogP contribution is -2.49. The van der Waals surface area contributed by atoms with Crippen LogP contribution in [0.4, 0.5) is 4.39 Å². The van der Waals surface area contributed by atoms with Gasteiger partial charge in [0.05, 0.1) is 17.4 Å². The van der Waals surface area contributed by atoms with Gasteiger partial charge in [-0.05, 0) is 25.0 Å². The molecular formula is C16H17FN4O2S. The first-order chi connectivity index (χ1) is 11.4. The Bertz CT molecular complexity index is 771. The van der Waals surface area contributed by atoms with Gasteiger partial charge >= 0.3 is 0 Å². The Kier molecular flexibility index (Phi) is 5.57. The van der Waals surface area contributed by atoms with Gasteiger partial charge in [0.2, 0.25) is 5.91 Å². The molecule has 1 N–H and O–H groups in total. The summed E-state index contributed by atoms with van der Waals surface area (Å²) in [6.45, 7) is 5.38. The van der Waals surface area contributed by atoms with Gasteiger partial charge < -0.3 is 9.73 Å². The molecule has 1 amide bonds. The van der Waals surface area contributed by atoms with E-state index in [9.17, 15) is 14.4 Å². The summed E-state index contributed by atoms with van der Waals surface area (Å²) >= 11 is 1.03. The average molecular weight is 348 g/mol. The zero-order valence-electron chi connectivity index (χ0n) is 13.5. The first-order valence-electron chi connectivity index (χ1n) is 7.29. The number of aromatic nitrogens is 2. The van der Waals surface area contributed by atoms with E-state index in [4.69, 9.17) is 4.42 Å². The minimum atomic E-state index is -0.940. The Morgan fingerprint density at radius 3 is 2.79 bits per heavy atom. The SMILES string of the molecule is CC(C)[C@@](C)(C#N)NC(=O)CSc1nnc(-c2ccccc2F)o1. The third-order valence-electron chi connectivity index (χ3n) is 3.62. The molecule has 0 bridgehead atoms. The normalized spacial score (nSPS) is 13.3. The van der Waals surface area contributed by atoms with Crippen molar-refractivity contribution in [2.24, 2.45) is 5.92 Å². The van der Waals surface area contributed by atoms with E-state index in [0.29, 0.717) is 0 Å². The Hall–Kier alpha value is -2.40. The molecule has 0 spiro atoms. The summed E-state index contributed by atoms with van der Waals surface area (Å²) < 4.78 is 19.0. The van der Waals surface area contributed by atoms with E-state index in [2.05, 4.69) is 21.6 Å². The first-order valence-corrected chi connectivity index (χ1v) is 8.27. The highest BCUT2D eigenvalue weighted by molar-refractivity contribution is 7.99. The molecule has 0 radical (unpaired) electrons. The van der Waals surface area contributed by atoms with Gasteiger partial charge in [-0.1, -0.05) is 37.7 Å². The minimum absolute atomic E-state index is 0.0168. The maximum Gasteiger partial charge on any atom is 0.277 e. The lowest BCUT2D eigenvalue weighted by atomic mass is 9.90. The molecule has 0 aliphatic heterocycles. The van der Waals surface area contributed by atoms with Crippen LogP contribution in [0.15, 0.2) is 33.9 Å². The molecule has 1 aromatic carbocycles. The van der Waals surface area contributed by atoms with Crippen LogP contribution < -0.4 is 5.32 Å². The molecule has 0 unspecified atom stereocenters. The van der Waals surface area contributed by atoms with E-state index in [1.54, 1.807) is 19.1 Å². The summed E-state index contributed by atoms with van der Waals surface area (Å²) in [6, 6.07) is 8.17. The van der Waals surface area contributed by atoms with Crippen LogP contribution in [0, 0.1) is 23.1 Å². The van der Waals surface area contributed by atoms with Gasteiger partial charge in [0, 0.05) is 0 Å². The molecule has 2 rings (SSSR count). The molecule has 0 saturated carbocycles. The number of hydrogen-bond acceptors (Lipinski definition) is 6. The van der Waals surface area contributed by atoms with Crippen molar-refractivity contribution in [3.05, 3.63) is 30.1 Å². The lowest BCUT2D eigenvalue weighted by Gasteiger charge is -2.27. The number of amides is 1. The van der Waals surface area contributed by atoms with Gasteiger partial charge in [-0.3, -0.25) is 4.79 Å². The van der Waals surface area contributed by atoms with E-state index in [1.165, 1.54) is 12.1 Å². The average Bonchev–Trinajstić information content (AvgIpc) is 3.01. The third kappa shape index (κ3) is 4.11. The van der Waals surface area contributed by atoms with Gasteiger partial charge in [0.25, 0.3) is 11.1 Å². The number of thioether (sulfide) groups is 1. The highest BCUT2D eigenvalue weighted by Gasteiger charge is 2.30. The van der Waals surface area contributed by atoms with Gasteiger partial charge in [0.1, 0.15) is 11.4 Å². The molecule has 1 heterocycles. The van der Waals surface area contributed by atoms with Gasteiger partial charge in [-0.2, -0.15) is 5.26 Å². The molecule has 0 aliphatic rings. The van der Waals surface area contributed by atoms with Gasteiger partial charge in [-0.15, -0.1) is 10.2 Å². The molecular weight excluding hydrogens is 331 g/mol. The maximum absolute atomic E-state index is 13.7. The van der Waals surface area contributed by atoms with Crippen molar-refractivity contribution >= 4 is 17.7 Å². The molecule has 0 saturated heterocycles. The zero-order valence-corrected chi connectivity index (χ0v) is 14.4. The van der Waals surface area contributed by atoms with Crippen molar-refractivity contribution in [1.29, 1.82) is 5.26 Å². The van der Waals surface area contributed by atoms with Crippen molar-refractivity contribution < 1.29 is 13.6 Å². The van der Waals surface area contributed by atoms with E-state index >= 15 is 0 Å². The molecule has 2 aromatic rings. The van der Waals surface area contributed by atoms with Crippen LogP contribution in [-0.4, -0.2) is 27.4 Å². The number of benzene rings is 1. The molecule has 126 valence electrons. The van der Waals surface area contributed by atoms with Crippen LogP contribution in [0.25, 0.3) is 11.5 Å². The Morgan fingerprint density at radius 2 is 2.17 bits per heavy atom. The van der Waals surface area contributed by atoms with Crippen molar-refractivity contribution in [2.75, 3.05) is 5.75 Å². The van der Waals surface area contributed by atoms with Crippen LogP contribution in [0.3, 0.4) is 0 Å². The first kappa shape index (κ1) is 17.9. The lowest BCUT2D eigenvalue weighted by molar-refractivity contribution is -0.120. The van der Waals surface area contributed by atoms with Crippen LogP contribution in [0.5, 0.6) is 0 Å². The second-order valence-corrected chi connectivity index (χ2v) is 6.59. The van der Waals surface area contributed by atoms with E-state index < -0.39 is 11.4 Å². The molecule has 1 aromatic heterocycles. The second-order valence-electron chi connectivity index (χ2n) is 5.66. The smallest absolute Gasteiger partial charge is 0.277 e. The van der Waals surface area contributed by atoms with E-state index in [-0.39, 0.29) is 34.3 Å². The van der Waals surface area contributed by atoms with Gasteiger partial charge in [-0.25, -0.2) is 4.39 Å². The van der Waals surface area contributed by atoms with E-state index in [1.807, 2.05) is 13.8 Å². The largest absolute Gasteiger partial charge is 0.411 e. The topological polar surface area (TPSA) is 91.8 Å². The summed E-state index contributed by atoms with van der Waals surface area (Å²) in [7, 11) is 0. The second kappa shape index (κ2) is 7.45. The minimum Gasteiger partial charge on any atom is -0.411 e. The molecule has 1 atom stereocenters. The highest BCUT2D eigenvalue weighted by atomic mass is 32.2. The monoisotopic (exact) mass is 348 g/mol. The number of nitrogens with one attached hydrogen (secondary N) is 1. The predicted octanol–water partition coefficient (Wildman–Crippen LogP) is 3.02. The van der Waals surface area contributed by atoms with Crippen LogP contribution in [-0.2, 0) is 4.79 Å². The number of carbonyl (C=O) groups excluding carboxylic acids is 1. The fourth-order valence-corrected chi connectivity index (χ4v) is 2.33. The number of halogens is 1. The fraction of sp³-hybridized carbons (Fsp3) is 0.375. The quantitative estimate of drug-likeness (QED) is 0.807. The fourth-order valence-electron chi connectivity index (χ4n) is 1.77. The van der Waals surface area contributed by atoms with Crippen molar-refractivity contribution in [3.8, 4) is 17.5 Å². The molecule has 0 aliphatic carbocycles. The maximum atomic E-state index is 13.7. The predicted molar refractivity (Wildman–Crippen MR) is 87.4 cm³/mol. The third-order valence-corrected chi connectivity index (χ3v) is 4.44. The Labute approximate surface area is 143 Å². The van der Waals surface area contributed by atoms with Crippen molar-refractivity contribution in [3.63, 3.8) is 0 Å². The van der Waals surface area contributed by atoms with Crippen LogP contribution in [0.1, 0.15) is 20.8 Å². The number of nitriles is 1. The standard InChI is InChI=1S/C16H17FN4O2S/c1-10(2)16(3,9-18)19-13(22)8-24-15-21-20-14(23-15)11-6-4-5-7-12(11)17/h4-7,10H,8H2,1-3H3,(H,19,22)/t16-/m1/s1. The number of carbonyl (C=O) groups is 1. The highest BCUT2D eigenvalue weighted by Crippen LogP contribution is 2.25. The number of hydrogen-bond donors (Lipinski definition) is 1. The molecule has 8 heteroatoms. The van der Waals surface area contributed by atoms with Crippen molar-refractivity contribution in [2.45, 2.75) is 31.5 Å². The Balaban J connectivity index is 1.98. The molecule has 6 nitrogen and oxygen atoms in total. The summed E-state index contributed by atoms with van der Waals surface area (Å²) in [5.41, 5.74) is -0.733. The van der Waals surface area contributed by atoms with Crippen LogP contribution >= 0.6 is 11.8 Å². The summed E-state index contributed by atoms with van der Waals surface area (Å²) in [5.74, 6) is -0.740. The molecule has 0 fully saturated rings. The summed E-state index contributed by atoms with van der Waals surface area (Å²) in [5, 5.41) is 19.6. The Morgan fingerprint density at radius 1 is 1.46 bits per heavy atom.